The van der Waals surface area contributed by atoms with Crippen LogP contribution in [-0.2, 0) is 6.42 Å². The van der Waals surface area contributed by atoms with E-state index in [1.165, 1.54) is 27.5 Å². The van der Waals surface area contributed by atoms with E-state index in [0.29, 0.717) is 0 Å². The van der Waals surface area contributed by atoms with Crippen LogP contribution in [0.5, 0.6) is 0 Å². The lowest BCUT2D eigenvalue weighted by atomic mass is 9.94. The number of hydrogen-bond acceptors (Lipinski definition) is 1. The van der Waals surface area contributed by atoms with Crippen LogP contribution >= 0.6 is 0 Å². The molecule has 0 radical (unpaired) electrons. The fourth-order valence-electron chi connectivity index (χ4n) is 2.66. The molecule has 20 heavy (non-hydrogen) atoms. The first kappa shape index (κ1) is 12.9. The molecule has 2 N–H and O–H groups in total. The molecule has 0 fully saturated rings. The second-order valence-electron chi connectivity index (χ2n) is 5.14. The maximum absolute atomic E-state index is 6.47. The summed E-state index contributed by atoms with van der Waals surface area (Å²) in [6.07, 6.45) is 1.06. The summed E-state index contributed by atoms with van der Waals surface area (Å²) in [6, 6.07) is 23.3. The highest BCUT2D eigenvalue weighted by Crippen LogP contribution is 2.27. The quantitative estimate of drug-likeness (QED) is 0.740. The molecule has 100 valence electrons. The summed E-state index contributed by atoms with van der Waals surface area (Å²) >= 11 is 0. The van der Waals surface area contributed by atoms with Crippen LogP contribution in [0, 0.1) is 0 Å². The molecule has 1 nitrogen and oxygen atoms in total. The van der Waals surface area contributed by atoms with Crippen LogP contribution in [0.3, 0.4) is 0 Å². The molecule has 3 rings (SSSR count). The summed E-state index contributed by atoms with van der Waals surface area (Å²) < 4.78 is 0. The number of nitrogens with two attached hydrogens (primary N) is 1. The molecule has 0 bridgehead atoms. The third kappa shape index (κ3) is 2.33. The van der Waals surface area contributed by atoms with E-state index in [9.17, 15) is 0 Å². The van der Waals surface area contributed by atoms with Gasteiger partial charge in [0.25, 0.3) is 0 Å². The van der Waals surface area contributed by atoms with Gasteiger partial charge in [0.2, 0.25) is 0 Å². The first-order chi connectivity index (χ1) is 9.79. The predicted molar refractivity (Wildman–Crippen MR) is 85.8 cm³/mol. The van der Waals surface area contributed by atoms with Crippen molar-refractivity contribution in [2.45, 2.75) is 19.4 Å². The average Bonchev–Trinajstić information content (AvgIpc) is 2.54. The van der Waals surface area contributed by atoms with Gasteiger partial charge in [-0.05, 0) is 33.9 Å². The smallest absolute Gasteiger partial charge is 0.0557 e. The molecule has 1 atom stereocenters. The van der Waals surface area contributed by atoms with Gasteiger partial charge in [-0.15, -0.1) is 0 Å². The van der Waals surface area contributed by atoms with Crippen molar-refractivity contribution < 1.29 is 0 Å². The molecule has 0 heterocycles. The molecule has 1 unspecified atom stereocenters. The van der Waals surface area contributed by atoms with E-state index >= 15 is 0 Å². The third-order valence-electron chi connectivity index (χ3n) is 3.91. The maximum atomic E-state index is 6.47. The molecule has 0 aliphatic carbocycles. The lowest BCUT2D eigenvalue weighted by Gasteiger charge is -2.15. The summed E-state index contributed by atoms with van der Waals surface area (Å²) in [5.74, 6) is 0. The van der Waals surface area contributed by atoms with E-state index in [4.69, 9.17) is 5.73 Å². The van der Waals surface area contributed by atoms with Gasteiger partial charge in [-0.2, -0.15) is 0 Å². The Morgan fingerprint density at radius 2 is 1.55 bits per heavy atom. The van der Waals surface area contributed by atoms with Crippen LogP contribution in [0.1, 0.15) is 29.7 Å². The van der Waals surface area contributed by atoms with Crippen molar-refractivity contribution >= 4 is 10.8 Å². The SMILES string of the molecule is CCc1ccc(C(N)c2cccc3ccccc23)cc1. The Hall–Kier alpha value is -2.12. The molecule has 0 amide bonds. The molecule has 1 heteroatoms. The summed E-state index contributed by atoms with van der Waals surface area (Å²) in [7, 11) is 0. The number of hydrogen-bond donors (Lipinski definition) is 1. The Morgan fingerprint density at radius 3 is 2.30 bits per heavy atom. The highest BCUT2D eigenvalue weighted by Gasteiger charge is 2.11. The van der Waals surface area contributed by atoms with Crippen molar-refractivity contribution in [2.75, 3.05) is 0 Å². The molecule has 0 aliphatic rings. The van der Waals surface area contributed by atoms with Gasteiger partial charge in [0.05, 0.1) is 6.04 Å². The maximum Gasteiger partial charge on any atom is 0.0557 e. The molecule has 0 aliphatic heterocycles. The Bertz CT molecular complexity index is 708. The first-order valence-corrected chi connectivity index (χ1v) is 7.11. The van der Waals surface area contributed by atoms with Crippen molar-refractivity contribution in [3.63, 3.8) is 0 Å². The first-order valence-electron chi connectivity index (χ1n) is 7.11. The fourth-order valence-corrected chi connectivity index (χ4v) is 2.66. The standard InChI is InChI=1S/C19H19N/c1-2-14-10-12-16(13-11-14)19(20)18-9-5-7-15-6-3-4-8-17(15)18/h3-13,19H,2,20H2,1H3. The zero-order valence-corrected chi connectivity index (χ0v) is 11.7. The molecule has 3 aromatic rings. The monoisotopic (exact) mass is 261 g/mol. The molecule has 0 aromatic heterocycles. The Kier molecular flexibility index (Phi) is 3.53. The van der Waals surface area contributed by atoms with Crippen molar-refractivity contribution in [1.29, 1.82) is 0 Å². The Labute approximate surface area is 120 Å². The molecular formula is C19H19N. The highest BCUT2D eigenvalue weighted by molar-refractivity contribution is 5.86. The third-order valence-corrected chi connectivity index (χ3v) is 3.91. The molecule has 0 saturated carbocycles. The van der Waals surface area contributed by atoms with Crippen LogP contribution in [0.2, 0.25) is 0 Å². The lowest BCUT2D eigenvalue weighted by molar-refractivity contribution is 0.879. The second-order valence-corrected chi connectivity index (χ2v) is 5.14. The van der Waals surface area contributed by atoms with E-state index in [1.807, 2.05) is 0 Å². The second kappa shape index (κ2) is 5.48. The van der Waals surface area contributed by atoms with Crippen LogP contribution in [0.15, 0.2) is 66.7 Å². The summed E-state index contributed by atoms with van der Waals surface area (Å²) in [5, 5.41) is 2.48. The summed E-state index contributed by atoms with van der Waals surface area (Å²) in [6.45, 7) is 2.17. The van der Waals surface area contributed by atoms with Gasteiger partial charge >= 0.3 is 0 Å². The number of rotatable bonds is 3. The zero-order chi connectivity index (χ0) is 13.9. The van der Waals surface area contributed by atoms with Gasteiger partial charge in [0.15, 0.2) is 0 Å². The zero-order valence-electron chi connectivity index (χ0n) is 11.7. The van der Waals surface area contributed by atoms with Crippen LogP contribution < -0.4 is 5.73 Å². The number of aryl methyl sites for hydroxylation is 1. The van der Waals surface area contributed by atoms with E-state index in [0.717, 1.165) is 6.42 Å². The van der Waals surface area contributed by atoms with Gasteiger partial charge < -0.3 is 5.73 Å². The minimum atomic E-state index is -0.0768. The van der Waals surface area contributed by atoms with E-state index in [-0.39, 0.29) is 6.04 Å². The van der Waals surface area contributed by atoms with Crippen LogP contribution in [-0.4, -0.2) is 0 Å². The van der Waals surface area contributed by atoms with E-state index < -0.39 is 0 Å². The van der Waals surface area contributed by atoms with Gasteiger partial charge in [0.1, 0.15) is 0 Å². The summed E-state index contributed by atoms with van der Waals surface area (Å²) in [4.78, 5) is 0. The van der Waals surface area contributed by atoms with E-state index in [2.05, 4.69) is 73.7 Å². The van der Waals surface area contributed by atoms with Gasteiger partial charge in [-0.3, -0.25) is 0 Å². The normalized spacial score (nSPS) is 12.5. The van der Waals surface area contributed by atoms with Gasteiger partial charge in [-0.1, -0.05) is 73.7 Å². The van der Waals surface area contributed by atoms with E-state index in [1.54, 1.807) is 0 Å². The summed E-state index contributed by atoms with van der Waals surface area (Å²) in [5.41, 5.74) is 10.2. The molecule has 0 spiro atoms. The van der Waals surface area contributed by atoms with Crippen molar-refractivity contribution in [1.82, 2.24) is 0 Å². The molecule has 3 aromatic carbocycles. The molecular weight excluding hydrogens is 242 g/mol. The highest BCUT2D eigenvalue weighted by atomic mass is 14.6. The average molecular weight is 261 g/mol. The minimum Gasteiger partial charge on any atom is -0.320 e. The van der Waals surface area contributed by atoms with Crippen molar-refractivity contribution in [3.05, 3.63) is 83.4 Å². The van der Waals surface area contributed by atoms with Crippen molar-refractivity contribution in [2.24, 2.45) is 5.73 Å². The number of benzene rings is 3. The molecule has 0 saturated heterocycles. The van der Waals surface area contributed by atoms with Gasteiger partial charge in [-0.25, -0.2) is 0 Å². The topological polar surface area (TPSA) is 26.0 Å². The largest absolute Gasteiger partial charge is 0.320 e. The van der Waals surface area contributed by atoms with Crippen LogP contribution in [0.25, 0.3) is 10.8 Å². The predicted octanol–water partition coefficient (Wildman–Crippen LogP) is 4.45. The Balaban J connectivity index is 2.05. The Morgan fingerprint density at radius 1 is 0.850 bits per heavy atom. The van der Waals surface area contributed by atoms with Gasteiger partial charge in [0, 0.05) is 0 Å². The fraction of sp³-hybridized carbons (Fsp3) is 0.158. The minimum absolute atomic E-state index is 0.0768. The van der Waals surface area contributed by atoms with Crippen LogP contribution in [0.4, 0.5) is 0 Å². The number of fused-ring (bicyclic) bond motifs is 1. The van der Waals surface area contributed by atoms with Crippen molar-refractivity contribution in [3.8, 4) is 0 Å². The lowest BCUT2D eigenvalue weighted by Crippen LogP contribution is -2.12.